The fraction of sp³-hybridized carbons (Fsp3) is 0.269. The van der Waals surface area contributed by atoms with E-state index in [0.29, 0.717) is 18.7 Å². The van der Waals surface area contributed by atoms with Crippen LogP contribution in [0.5, 0.6) is 0 Å². The first-order valence-corrected chi connectivity index (χ1v) is 11.1. The zero-order valence-electron chi connectivity index (χ0n) is 18.4. The van der Waals surface area contributed by atoms with Gasteiger partial charge >= 0.3 is 6.03 Å². The summed E-state index contributed by atoms with van der Waals surface area (Å²) in [4.78, 5) is 26.5. The van der Waals surface area contributed by atoms with Gasteiger partial charge in [-0.15, -0.1) is 0 Å². The number of benzene rings is 2. The van der Waals surface area contributed by atoms with E-state index >= 15 is 0 Å². The van der Waals surface area contributed by atoms with Crippen LogP contribution in [-0.2, 0) is 13.1 Å². The van der Waals surface area contributed by atoms with E-state index in [1.807, 2.05) is 54.6 Å². The molecule has 3 aromatic rings. The predicted octanol–water partition coefficient (Wildman–Crippen LogP) is 3.24. The zero-order chi connectivity index (χ0) is 23.0. The standard InChI is InChI=1S/C26H27N5O2/c27-17-20-8-10-24(11-9-20)30-15-12-23(13-16-30)29-26(33)28-18-21-4-6-22(7-5-21)19-31-14-2-1-3-25(31)32/h1-11,14,23H,12-13,15-16,18-19H2,(H2,28,29,33). The summed E-state index contributed by atoms with van der Waals surface area (Å²) in [6.07, 6.45) is 3.53. The number of hydrogen-bond acceptors (Lipinski definition) is 4. The average Bonchev–Trinajstić information content (AvgIpc) is 2.85. The Morgan fingerprint density at radius 2 is 1.67 bits per heavy atom. The number of nitrogens with one attached hydrogen (secondary N) is 2. The zero-order valence-corrected chi connectivity index (χ0v) is 18.4. The largest absolute Gasteiger partial charge is 0.371 e. The van der Waals surface area contributed by atoms with Crippen molar-refractivity contribution in [2.45, 2.75) is 32.0 Å². The molecule has 0 radical (unpaired) electrons. The lowest BCUT2D eigenvalue weighted by atomic mass is 10.0. The second-order valence-corrected chi connectivity index (χ2v) is 8.23. The van der Waals surface area contributed by atoms with Crippen LogP contribution < -0.4 is 21.1 Å². The SMILES string of the molecule is N#Cc1ccc(N2CCC(NC(=O)NCc3ccc(Cn4ccccc4=O)cc3)CC2)cc1. The minimum Gasteiger partial charge on any atom is -0.371 e. The van der Waals surface area contributed by atoms with Crippen molar-refractivity contribution in [3.8, 4) is 6.07 Å². The highest BCUT2D eigenvalue weighted by atomic mass is 16.2. The molecule has 1 fully saturated rings. The molecule has 0 saturated carbocycles. The molecule has 168 valence electrons. The number of pyridine rings is 1. The number of nitriles is 1. The van der Waals surface area contributed by atoms with Crippen molar-refractivity contribution in [2.24, 2.45) is 0 Å². The van der Waals surface area contributed by atoms with Gasteiger partial charge in [0.15, 0.2) is 0 Å². The highest BCUT2D eigenvalue weighted by Crippen LogP contribution is 2.20. The molecule has 2 amide bonds. The third kappa shape index (κ3) is 6.01. The Hall–Kier alpha value is -4.05. The summed E-state index contributed by atoms with van der Waals surface area (Å²) in [7, 11) is 0. The lowest BCUT2D eigenvalue weighted by molar-refractivity contribution is 0.234. The predicted molar refractivity (Wildman–Crippen MR) is 128 cm³/mol. The molecule has 0 unspecified atom stereocenters. The second-order valence-electron chi connectivity index (χ2n) is 8.23. The number of carbonyl (C=O) groups is 1. The van der Waals surface area contributed by atoms with Gasteiger partial charge in [0.1, 0.15) is 0 Å². The molecule has 0 spiro atoms. The van der Waals surface area contributed by atoms with E-state index < -0.39 is 0 Å². The van der Waals surface area contributed by atoms with E-state index in [-0.39, 0.29) is 17.6 Å². The Balaban J connectivity index is 1.20. The van der Waals surface area contributed by atoms with Gasteiger partial charge in [0.05, 0.1) is 18.2 Å². The Labute approximate surface area is 193 Å². The molecule has 0 atom stereocenters. The number of urea groups is 1. The number of amides is 2. The molecule has 0 aliphatic carbocycles. The van der Waals surface area contributed by atoms with Gasteiger partial charge in [0.2, 0.25) is 0 Å². The van der Waals surface area contributed by atoms with Gasteiger partial charge in [-0.3, -0.25) is 4.79 Å². The van der Waals surface area contributed by atoms with E-state index in [1.165, 1.54) is 0 Å². The van der Waals surface area contributed by atoms with Gasteiger partial charge in [0.25, 0.3) is 5.56 Å². The summed E-state index contributed by atoms with van der Waals surface area (Å²) in [6, 6.07) is 22.8. The molecule has 2 N–H and O–H groups in total. The lowest BCUT2D eigenvalue weighted by Gasteiger charge is -2.34. The fourth-order valence-corrected chi connectivity index (χ4v) is 4.00. The van der Waals surface area contributed by atoms with Crippen LogP contribution in [0, 0.1) is 11.3 Å². The molecule has 1 aromatic heterocycles. The normalized spacial score (nSPS) is 13.8. The maximum absolute atomic E-state index is 12.3. The molecule has 2 aromatic carbocycles. The van der Waals surface area contributed by atoms with Crippen LogP contribution >= 0.6 is 0 Å². The van der Waals surface area contributed by atoms with Gasteiger partial charge < -0.3 is 20.1 Å². The molecule has 7 heteroatoms. The molecule has 4 rings (SSSR count). The highest BCUT2D eigenvalue weighted by Gasteiger charge is 2.20. The minimum atomic E-state index is -0.160. The Kier molecular flexibility index (Phi) is 7.06. The molecule has 7 nitrogen and oxygen atoms in total. The topological polar surface area (TPSA) is 90.2 Å². The highest BCUT2D eigenvalue weighted by molar-refractivity contribution is 5.74. The monoisotopic (exact) mass is 441 g/mol. The van der Waals surface area contributed by atoms with Crippen molar-refractivity contribution >= 4 is 11.7 Å². The van der Waals surface area contributed by atoms with Crippen molar-refractivity contribution in [3.05, 3.63) is 100.0 Å². The first kappa shape index (κ1) is 22.2. The number of aromatic nitrogens is 1. The molecular weight excluding hydrogens is 414 g/mol. The number of rotatable bonds is 6. The van der Waals surface area contributed by atoms with E-state index in [0.717, 1.165) is 42.7 Å². The summed E-state index contributed by atoms with van der Waals surface area (Å²) in [5, 5.41) is 14.9. The van der Waals surface area contributed by atoms with Crippen molar-refractivity contribution in [3.63, 3.8) is 0 Å². The number of piperidine rings is 1. The maximum atomic E-state index is 12.3. The minimum absolute atomic E-state index is 0.0253. The van der Waals surface area contributed by atoms with E-state index in [2.05, 4.69) is 21.6 Å². The van der Waals surface area contributed by atoms with Gasteiger partial charge in [-0.1, -0.05) is 30.3 Å². The Morgan fingerprint density at radius 3 is 2.33 bits per heavy atom. The lowest BCUT2D eigenvalue weighted by Crippen LogP contribution is -2.47. The number of anilines is 1. The van der Waals surface area contributed by atoms with Crippen LogP contribution in [0.25, 0.3) is 0 Å². The van der Waals surface area contributed by atoms with Crippen molar-refractivity contribution in [2.75, 3.05) is 18.0 Å². The average molecular weight is 442 g/mol. The third-order valence-corrected chi connectivity index (χ3v) is 5.92. The second kappa shape index (κ2) is 10.5. The van der Waals surface area contributed by atoms with E-state index in [9.17, 15) is 9.59 Å². The first-order chi connectivity index (χ1) is 16.1. The summed E-state index contributed by atoms with van der Waals surface area (Å²) < 4.78 is 1.66. The fourth-order valence-electron chi connectivity index (χ4n) is 4.00. The van der Waals surface area contributed by atoms with Crippen LogP contribution in [0.2, 0.25) is 0 Å². The van der Waals surface area contributed by atoms with E-state index in [1.54, 1.807) is 22.9 Å². The summed E-state index contributed by atoms with van der Waals surface area (Å²) in [5.74, 6) is 0. The molecule has 2 heterocycles. The van der Waals surface area contributed by atoms with Gasteiger partial charge in [-0.25, -0.2) is 4.79 Å². The Bertz CT molecular complexity index is 1170. The number of hydrogen-bond donors (Lipinski definition) is 2. The van der Waals surface area contributed by atoms with Gasteiger partial charge in [0, 0.05) is 43.6 Å². The van der Waals surface area contributed by atoms with Crippen LogP contribution in [-0.4, -0.2) is 29.7 Å². The third-order valence-electron chi connectivity index (χ3n) is 5.92. The quantitative estimate of drug-likeness (QED) is 0.615. The van der Waals surface area contributed by atoms with E-state index in [4.69, 9.17) is 5.26 Å². The van der Waals surface area contributed by atoms with Crippen LogP contribution in [0.3, 0.4) is 0 Å². The molecule has 33 heavy (non-hydrogen) atoms. The molecule has 0 bridgehead atoms. The Morgan fingerprint density at radius 1 is 0.970 bits per heavy atom. The first-order valence-electron chi connectivity index (χ1n) is 11.1. The maximum Gasteiger partial charge on any atom is 0.315 e. The van der Waals surface area contributed by atoms with Crippen molar-refractivity contribution in [1.29, 1.82) is 5.26 Å². The van der Waals surface area contributed by atoms with Crippen molar-refractivity contribution < 1.29 is 4.79 Å². The van der Waals surface area contributed by atoms with Crippen LogP contribution in [0.15, 0.2) is 77.7 Å². The van der Waals surface area contributed by atoms with Crippen LogP contribution in [0.1, 0.15) is 29.5 Å². The van der Waals surface area contributed by atoms with Crippen LogP contribution in [0.4, 0.5) is 10.5 Å². The molecule has 1 saturated heterocycles. The van der Waals surface area contributed by atoms with Gasteiger partial charge in [-0.05, 0) is 54.3 Å². The van der Waals surface area contributed by atoms with Gasteiger partial charge in [-0.2, -0.15) is 5.26 Å². The summed E-state index contributed by atoms with van der Waals surface area (Å²) in [5.41, 5.74) is 3.78. The number of nitrogens with zero attached hydrogens (tertiary/aromatic N) is 3. The summed E-state index contributed by atoms with van der Waals surface area (Å²) in [6.45, 7) is 2.70. The summed E-state index contributed by atoms with van der Waals surface area (Å²) >= 11 is 0. The molecule has 1 aliphatic heterocycles. The van der Waals surface area contributed by atoms with Crippen molar-refractivity contribution in [1.82, 2.24) is 15.2 Å². The smallest absolute Gasteiger partial charge is 0.315 e. The molecule has 1 aliphatic rings. The molecular formula is C26H27N5O2. The number of carbonyl (C=O) groups excluding carboxylic acids is 1.